The lowest BCUT2D eigenvalue weighted by molar-refractivity contribution is 0.0696. The van der Waals surface area contributed by atoms with E-state index < -0.39 is 11.8 Å². The molecule has 0 aliphatic rings. The third kappa shape index (κ3) is 6.56. The molecule has 0 saturated carbocycles. The Bertz CT molecular complexity index is 1130. The fourth-order valence-corrected chi connectivity index (χ4v) is 3.45. The molecular weight excluding hydrogens is 445 g/mol. The van der Waals surface area contributed by atoms with Crippen molar-refractivity contribution in [2.24, 2.45) is 0 Å². The zero-order valence-corrected chi connectivity index (χ0v) is 19.0. The molecule has 7 heteroatoms. The molecule has 3 aromatic rings. The minimum atomic E-state index is -1.11. The van der Waals surface area contributed by atoms with Gasteiger partial charge in [-0.3, -0.25) is 4.79 Å². The van der Waals surface area contributed by atoms with E-state index in [1.165, 1.54) is 12.1 Å². The van der Waals surface area contributed by atoms with E-state index in [2.05, 4.69) is 12.2 Å². The molecule has 3 rings (SSSR count). The van der Waals surface area contributed by atoms with Crippen LogP contribution in [0.15, 0.2) is 60.7 Å². The van der Waals surface area contributed by atoms with E-state index in [0.29, 0.717) is 41.5 Å². The van der Waals surface area contributed by atoms with Gasteiger partial charge in [0.15, 0.2) is 0 Å². The van der Waals surface area contributed by atoms with E-state index in [1.807, 2.05) is 12.1 Å². The molecular formula is C26H25ClFNO4. The van der Waals surface area contributed by atoms with Gasteiger partial charge in [0.25, 0.3) is 5.91 Å². The number of carboxylic acids is 1. The molecule has 0 aromatic heterocycles. The Morgan fingerprint density at radius 1 is 1.06 bits per heavy atom. The highest BCUT2D eigenvalue weighted by molar-refractivity contribution is 6.31. The summed E-state index contributed by atoms with van der Waals surface area (Å²) < 4.78 is 19.9. The van der Waals surface area contributed by atoms with Crippen LogP contribution in [0.2, 0.25) is 5.02 Å². The molecule has 172 valence electrons. The van der Waals surface area contributed by atoms with Crippen molar-refractivity contribution in [3.05, 3.63) is 88.2 Å². The minimum Gasteiger partial charge on any atom is -0.493 e. The maximum absolute atomic E-state index is 14.2. The highest BCUT2D eigenvalue weighted by Crippen LogP contribution is 2.25. The Balaban J connectivity index is 1.62. The lowest BCUT2D eigenvalue weighted by atomic mass is 10.0. The summed E-state index contributed by atoms with van der Waals surface area (Å²) in [6.45, 7) is 2.98. The molecule has 0 heterocycles. The fourth-order valence-electron chi connectivity index (χ4n) is 3.28. The SMILES string of the molecule is CCCCOc1ccc(Cl)cc1C(=O)NCCc1ccc(-c2cc(C(=O)O)ccc2F)cc1. The molecule has 0 radical (unpaired) electrons. The summed E-state index contributed by atoms with van der Waals surface area (Å²) in [7, 11) is 0. The molecule has 0 unspecified atom stereocenters. The van der Waals surface area contributed by atoms with E-state index in [4.69, 9.17) is 21.4 Å². The number of carboxylic acid groups (broad SMARTS) is 1. The maximum atomic E-state index is 14.2. The monoisotopic (exact) mass is 469 g/mol. The summed E-state index contributed by atoms with van der Waals surface area (Å²) in [6, 6.07) is 15.8. The Hall–Kier alpha value is -3.38. The van der Waals surface area contributed by atoms with Crippen LogP contribution in [0, 0.1) is 5.82 Å². The molecule has 1 amide bonds. The molecule has 0 aliphatic heterocycles. The van der Waals surface area contributed by atoms with Crippen molar-refractivity contribution in [2.45, 2.75) is 26.2 Å². The number of hydrogen-bond donors (Lipinski definition) is 2. The van der Waals surface area contributed by atoms with Crippen LogP contribution >= 0.6 is 11.6 Å². The van der Waals surface area contributed by atoms with Gasteiger partial charge in [-0.25, -0.2) is 9.18 Å². The smallest absolute Gasteiger partial charge is 0.335 e. The van der Waals surface area contributed by atoms with Crippen LogP contribution in [0.25, 0.3) is 11.1 Å². The highest BCUT2D eigenvalue weighted by atomic mass is 35.5. The molecule has 0 atom stereocenters. The van der Waals surface area contributed by atoms with E-state index in [-0.39, 0.29) is 17.0 Å². The Morgan fingerprint density at radius 2 is 1.82 bits per heavy atom. The fraction of sp³-hybridized carbons (Fsp3) is 0.231. The number of aromatic carboxylic acids is 1. The van der Waals surface area contributed by atoms with Crippen molar-refractivity contribution < 1.29 is 23.8 Å². The van der Waals surface area contributed by atoms with Gasteiger partial charge in [0.2, 0.25) is 0 Å². The average molecular weight is 470 g/mol. The number of halogens is 2. The first-order valence-electron chi connectivity index (χ1n) is 10.7. The first-order valence-corrected chi connectivity index (χ1v) is 11.1. The van der Waals surface area contributed by atoms with Crippen LogP contribution in [-0.4, -0.2) is 30.1 Å². The average Bonchev–Trinajstić information content (AvgIpc) is 2.80. The van der Waals surface area contributed by atoms with Crippen molar-refractivity contribution in [3.8, 4) is 16.9 Å². The number of hydrogen-bond acceptors (Lipinski definition) is 3. The molecule has 33 heavy (non-hydrogen) atoms. The van der Waals surface area contributed by atoms with Crippen LogP contribution in [0.1, 0.15) is 46.0 Å². The van der Waals surface area contributed by atoms with Crippen LogP contribution in [0.4, 0.5) is 4.39 Å². The van der Waals surface area contributed by atoms with Gasteiger partial charge in [0, 0.05) is 17.1 Å². The van der Waals surface area contributed by atoms with Crippen LogP contribution in [0.5, 0.6) is 5.75 Å². The Kier molecular flexibility index (Phi) is 8.44. The molecule has 0 aliphatic carbocycles. The standard InChI is InChI=1S/C26H25ClFNO4/c1-2-3-14-33-24-11-9-20(27)16-22(24)25(30)29-13-12-17-4-6-18(7-5-17)21-15-19(26(31)32)8-10-23(21)28/h4-11,15-16H,2-3,12-14H2,1H3,(H,29,30)(H,31,32). The van der Waals surface area contributed by atoms with Gasteiger partial charge < -0.3 is 15.2 Å². The third-order valence-electron chi connectivity index (χ3n) is 5.12. The summed E-state index contributed by atoms with van der Waals surface area (Å²) in [6.07, 6.45) is 2.45. The summed E-state index contributed by atoms with van der Waals surface area (Å²) in [5, 5.41) is 12.5. The first-order chi connectivity index (χ1) is 15.9. The number of benzene rings is 3. The molecule has 5 nitrogen and oxygen atoms in total. The van der Waals surface area contributed by atoms with Gasteiger partial charge in [0.05, 0.1) is 17.7 Å². The number of nitrogens with one attached hydrogen (secondary N) is 1. The van der Waals surface area contributed by atoms with E-state index in [9.17, 15) is 14.0 Å². The molecule has 3 aromatic carbocycles. The van der Waals surface area contributed by atoms with Gasteiger partial charge >= 0.3 is 5.97 Å². The van der Waals surface area contributed by atoms with E-state index in [0.717, 1.165) is 24.5 Å². The van der Waals surface area contributed by atoms with E-state index >= 15 is 0 Å². The summed E-state index contributed by atoms with van der Waals surface area (Å²) in [5.41, 5.74) is 2.17. The second-order valence-electron chi connectivity index (χ2n) is 7.55. The lowest BCUT2D eigenvalue weighted by Crippen LogP contribution is -2.26. The van der Waals surface area contributed by atoms with Gasteiger partial charge in [-0.2, -0.15) is 0 Å². The zero-order valence-electron chi connectivity index (χ0n) is 18.2. The largest absolute Gasteiger partial charge is 0.493 e. The van der Waals surface area contributed by atoms with Crippen molar-refractivity contribution in [1.29, 1.82) is 0 Å². The zero-order chi connectivity index (χ0) is 23.8. The van der Waals surface area contributed by atoms with E-state index in [1.54, 1.807) is 30.3 Å². The Morgan fingerprint density at radius 3 is 2.52 bits per heavy atom. The number of rotatable bonds is 10. The lowest BCUT2D eigenvalue weighted by Gasteiger charge is -2.12. The van der Waals surface area contributed by atoms with Crippen LogP contribution in [0.3, 0.4) is 0 Å². The number of carbonyl (C=O) groups excluding carboxylic acids is 1. The molecule has 0 bridgehead atoms. The first kappa shape index (κ1) is 24.3. The summed E-state index contributed by atoms with van der Waals surface area (Å²) >= 11 is 6.06. The molecule has 0 fully saturated rings. The summed E-state index contributed by atoms with van der Waals surface area (Å²) in [4.78, 5) is 23.8. The predicted octanol–water partition coefficient (Wildman–Crippen LogP) is 6.00. The second kappa shape index (κ2) is 11.5. The predicted molar refractivity (Wildman–Crippen MR) is 127 cm³/mol. The Labute approximate surface area is 197 Å². The van der Waals surface area contributed by atoms with Crippen molar-refractivity contribution in [2.75, 3.05) is 13.2 Å². The highest BCUT2D eigenvalue weighted by Gasteiger charge is 2.14. The van der Waals surface area contributed by atoms with Crippen molar-refractivity contribution >= 4 is 23.5 Å². The number of ether oxygens (including phenoxy) is 1. The third-order valence-corrected chi connectivity index (χ3v) is 5.35. The second-order valence-corrected chi connectivity index (χ2v) is 7.98. The molecule has 0 saturated heterocycles. The minimum absolute atomic E-state index is 0.0252. The van der Waals surface area contributed by atoms with Gasteiger partial charge in [-0.1, -0.05) is 49.2 Å². The van der Waals surface area contributed by atoms with Crippen LogP contribution < -0.4 is 10.1 Å². The van der Waals surface area contributed by atoms with Crippen LogP contribution in [-0.2, 0) is 6.42 Å². The molecule has 2 N–H and O–H groups in total. The summed E-state index contributed by atoms with van der Waals surface area (Å²) in [5.74, 6) is -1.37. The number of amides is 1. The van der Waals surface area contributed by atoms with Gasteiger partial charge in [-0.15, -0.1) is 0 Å². The normalized spacial score (nSPS) is 10.6. The quantitative estimate of drug-likeness (QED) is 0.357. The van der Waals surface area contributed by atoms with Crippen molar-refractivity contribution in [3.63, 3.8) is 0 Å². The topological polar surface area (TPSA) is 75.6 Å². The number of carbonyl (C=O) groups is 2. The van der Waals surface area contributed by atoms with Crippen molar-refractivity contribution in [1.82, 2.24) is 5.32 Å². The number of unbranched alkanes of at least 4 members (excludes halogenated alkanes) is 1. The maximum Gasteiger partial charge on any atom is 0.335 e. The van der Waals surface area contributed by atoms with Gasteiger partial charge in [-0.05, 0) is 60.4 Å². The van der Waals surface area contributed by atoms with Gasteiger partial charge in [0.1, 0.15) is 11.6 Å². The molecule has 0 spiro atoms.